The zero-order chi connectivity index (χ0) is 15.5. The summed E-state index contributed by atoms with van der Waals surface area (Å²) in [5, 5.41) is 12.5. The van der Waals surface area contributed by atoms with Crippen LogP contribution in [0, 0.1) is 0 Å². The van der Waals surface area contributed by atoms with Gasteiger partial charge >= 0.3 is 0 Å². The average molecular weight is 298 g/mol. The van der Waals surface area contributed by atoms with Gasteiger partial charge in [0.15, 0.2) is 0 Å². The average Bonchev–Trinajstić information content (AvgIpc) is 3.14. The van der Waals surface area contributed by atoms with Crippen molar-refractivity contribution in [3.05, 3.63) is 42.2 Å². The normalized spacial score (nSPS) is 11.0. The molecule has 0 saturated carbocycles. The summed E-state index contributed by atoms with van der Waals surface area (Å²) in [5.74, 6) is -0.0262. The fraction of sp³-hybridized carbons (Fsp3) is 0.333. The molecule has 0 unspecified atom stereocenters. The van der Waals surface area contributed by atoms with Crippen molar-refractivity contribution in [2.75, 3.05) is 7.05 Å². The summed E-state index contributed by atoms with van der Waals surface area (Å²) in [6.07, 6.45) is 1.92. The highest BCUT2D eigenvalue weighted by molar-refractivity contribution is 5.79. The minimum Gasteiger partial charge on any atom is -0.338 e. The van der Waals surface area contributed by atoms with Gasteiger partial charge in [0.1, 0.15) is 12.1 Å². The third kappa shape index (κ3) is 2.83. The number of benzene rings is 1. The first-order valence-corrected chi connectivity index (χ1v) is 7.22. The quantitative estimate of drug-likeness (QED) is 0.712. The first-order chi connectivity index (χ1) is 10.7. The summed E-state index contributed by atoms with van der Waals surface area (Å²) >= 11 is 0. The standard InChI is InChI=1S/C15H18N6O/c1-3-20-9-8-12(17-20)10-19(2)15(22)11-21-14-7-5-4-6-13(14)16-18-21/h4-9H,3,10-11H2,1-2H3. The van der Waals surface area contributed by atoms with Crippen LogP contribution in [0.15, 0.2) is 36.5 Å². The molecule has 7 nitrogen and oxygen atoms in total. The highest BCUT2D eigenvalue weighted by Gasteiger charge is 2.14. The Labute approximate surface area is 128 Å². The fourth-order valence-electron chi connectivity index (χ4n) is 2.28. The Morgan fingerprint density at radius 2 is 2.09 bits per heavy atom. The number of likely N-dealkylation sites (N-methyl/N-ethyl adjacent to an activating group) is 1. The van der Waals surface area contributed by atoms with Gasteiger partial charge < -0.3 is 4.90 Å². The van der Waals surface area contributed by atoms with Gasteiger partial charge in [-0.1, -0.05) is 17.3 Å². The van der Waals surface area contributed by atoms with Gasteiger partial charge in [-0.3, -0.25) is 9.48 Å². The second-order valence-corrected chi connectivity index (χ2v) is 5.15. The van der Waals surface area contributed by atoms with Crippen molar-refractivity contribution in [3.8, 4) is 0 Å². The fourth-order valence-corrected chi connectivity index (χ4v) is 2.28. The van der Waals surface area contributed by atoms with Crippen LogP contribution in [0.4, 0.5) is 0 Å². The number of hydrogen-bond acceptors (Lipinski definition) is 4. The molecular formula is C15H18N6O. The maximum Gasteiger partial charge on any atom is 0.244 e. The minimum absolute atomic E-state index is 0.0262. The smallest absolute Gasteiger partial charge is 0.244 e. The van der Waals surface area contributed by atoms with Crippen molar-refractivity contribution in [2.24, 2.45) is 0 Å². The highest BCUT2D eigenvalue weighted by Crippen LogP contribution is 2.10. The first-order valence-electron chi connectivity index (χ1n) is 7.22. The summed E-state index contributed by atoms with van der Waals surface area (Å²) in [6.45, 7) is 3.51. The van der Waals surface area contributed by atoms with Gasteiger partial charge in [0, 0.05) is 19.8 Å². The van der Waals surface area contributed by atoms with E-state index in [4.69, 9.17) is 0 Å². The number of carbonyl (C=O) groups is 1. The van der Waals surface area contributed by atoms with Crippen LogP contribution < -0.4 is 0 Å². The molecule has 114 valence electrons. The van der Waals surface area contributed by atoms with E-state index in [9.17, 15) is 4.79 Å². The predicted octanol–water partition coefficient (Wildman–Crippen LogP) is 1.31. The number of aromatic nitrogens is 5. The van der Waals surface area contributed by atoms with E-state index >= 15 is 0 Å². The molecule has 3 aromatic rings. The van der Waals surface area contributed by atoms with E-state index in [0.717, 1.165) is 23.3 Å². The number of aryl methyl sites for hydroxylation is 1. The van der Waals surface area contributed by atoms with Gasteiger partial charge in [0.2, 0.25) is 5.91 Å². The monoisotopic (exact) mass is 298 g/mol. The van der Waals surface area contributed by atoms with Crippen LogP contribution in [-0.2, 0) is 24.4 Å². The zero-order valence-electron chi connectivity index (χ0n) is 12.7. The van der Waals surface area contributed by atoms with E-state index < -0.39 is 0 Å². The molecule has 0 atom stereocenters. The van der Waals surface area contributed by atoms with Crippen LogP contribution in [0.25, 0.3) is 11.0 Å². The zero-order valence-corrected chi connectivity index (χ0v) is 12.7. The molecule has 0 spiro atoms. The molecule has 0 aliphatic carbocycles. The first kappa shape index (κ1) is 14.2. The maximum absolute atomic E-state index is 12.3. The van der Waals surface area contributed by atoms with Crippen LogP contribution in [-0.4, -0.2) is 42.6 Å². The number of nitrogens with zero attached hydrogens (tertiary/aromatic N) is 6. The van der Waals surface area contributed by atoms with Gasteiger partial charge in [0.25, 0.3) is 0 Å². The molecule has 0 bridgehead atoms. The van der Waals surface area contributed by atoms with Crippen LogP contribution in [0.1, 0.15) is 12.6 Å². The summed E-state index contributed by atoms with van der Waals surface area (Å²) in [6, 6.07) is 9.53. The van der Waals surface area contributed by atoms with E-state index in [1.54, 1.807) is 16.6 Å². The molecule has 0 saturated heterocycles. The molecule has 7 heteroatoms. The van der Waals surface area contributed by atoms with E-state index in [2.05, 4.69) is 15.4 Å². The van der Waals surface area contributed by atoms with E-state index in [1.165, 1.54) is 0 Å². The molecule has 0 radical (unpaired) electrons. The molecule has 1 amide bonds. The largest absolute Gasteiger partial charge is 0.338 e. The van der Waals surface area contributed by atoms with Crippen molar-refractivity contribution < 1.29 is 4.79 Å². The number of para-hydroxylation sites is 1. The summed E-state index contributed by atoms with van der Waals surface area (Å²) in [7, 11) is 1.77. The van der Waals surface area contributed by atoms with Crippen molar-refractivity contribution in [3.63, 3.8) is 0 Å². The van der Waals surface area contributed by atoms with Gasteiger partial charge in [0.05, 0.1) is 17.8 Å². The third-order valence-corrected chi connectivity index (χ3v) is 3.55. The second-order valence-electron chi connectivity index (χ2n) is 5.15. The Bertz CT molecular complexity index is 790. The van der Waals surface area contributed by atoms with Gasteiger partial charge in [-0.15, -0.1) is 5.10 Å². The van der Waals surface area contributed by atoms with Gasteiger partial charge in [-0.25, -0.2) is 4.68 Å². The number of amides is 1. The number of hydrogen-bond donors (Lipinski definition) is 0. The van der Waals surface area contributed by atoms with E-state index in [-0.39, 0.29) is 12.5 Å². The minimum atomic E-state index is -0.0262. The topological polar surface area (TPSA) is 68.8 Å². The summed E-state index contributed by atoms with van der Waals surface area (Å²) in [5.41, 5.74) is 2.53. The van der Waals surface area contributed by atoms with Crippen LogP contribution in [0.2, 0.25) is 0 Å². The third-order valence-electron chi connectivity index (χ3n) is 3.55. The van der Waals surface area contributed by atoms with Crippen LogP contribution >= 0.6 is 0 Å². The maximum atomic E-state index is 12.3. The van der Waals surface area contributed by atoms with Crippen LogP contribution in [0.5, 0.6) is 0 Å². The number of carbonyl (C=O) groups excluding carboxylic acids is 1. The number of rotatable bonds is 5. The predicted molar refractivity (Wildman–Crippen MR) is 81.9 cm³/mol. The van der Waals surface area contributed by atoms with Crippen LogP contribution in [0.3, 0.4) is 0 Å². The Morgan fingerprint density at radius 1 is 1.27 bits per heavy atom. The highest BCUT2D eigenvalue weighted by atomic mass is 16.2. The second kappa shape index (κ2) is 5.97. The van der Waals surface area contributed by atoms with Crippen molar-refractivity contribution in [1.82, 2.24) is 29.7 Å². The van der Waals surface area contributed by atoms with Gasteiger partial charge in [-0.05, 0) is 25.1 Å². The lowest BCUT2D eigenvalue weighted by molar-refractivity contribution is -0.131. The molecule has 22 heavy (non-hydrogen) atoms. The Balaban J connectivity index is 1.68. The number of fused-ring (bicyclic) bond motifs is 1. The van der Waals surface area contributed by atoms with Crippen molar-refractivity contribution >= 4 is 16.9 Å². The van der Waals surface area contributed by atoms with Gasteiger partial charge in [-0.2, -0.15) is 5.10 Å². The molecule has 1 aromatic carbocycles. The molecule has 2 heterocycles. The van der Waals surface area contributed by atoms with E-state index in [1.807, 2.05) is 48.1 Å². The molecule has 0 fully saturated rings. The summed E-state index contributed by atoms with van der Waals surface area (Å²) < 4.78 is 3.47. The summed E-state index contributed by atoms with van der Waals surface area (Å²) in [4.78, 5) is 14.0. The lowest BCUT2D eigenvalue weighted by atomic mass is 10.3. The van der Waals surface area contributed by atoms with Crippen molar-refractivity contribution in [1.29, 1.82) is 0 Å². The molecule has 3 rings (SSSR count). The Morgan fingerprint density at radius 3 is 2.86 bits per heavy atom. The molecule has 0 N–H and O–H groups in total. The Kier molecular flexibility index (Phi) is 3.86. The Hall–Kier alpha value is -2.70. The lowest BCUT2D eigenvalue weighted by Gasteiger charge is -2.15. The molecule has 0 aliphatic heterocycles. The molecular weight excluding hydrogens is 280 g/mol. The SMILES string of the molecule is CCn1ccc(CN(C)C(=O)Cn2nnc3ccccc32)n1. The lowest BCUT2D eigenvalue weighted by Crippen LogP contribution is -2.30. The van der Waals surface area contributed by atoms with E-state index in [0.29, 0.717) is 6.54 Å². The van der Waals surface area contributed by atoms with Crippen molar-refractivity contribution in [2.45, 2.75) is 26.6 Å². The molecule has 0 aliphatic rings. The molecule has 2 aromatic heterocycles.